The number of carbonyl (C=O) groups excluding carboxylic acids is 2. The minimum atomic E-state index is -0.358. The molecule has 3 rings (SSSR count). The molecule has 0 saturated heterocycles. The zero-order chi connectivity index (χ0) is 11.8. The standard InChI is InChI=1S/C12H9NO3S/c14-11-9-10(17-7-6-16-9)12(15)13(11)8-4-2-1-3-5-8/h1-5H,6-7H2. The fraction of sp³-hybridized carbons (Fsp3) is 0.167. The van der Waals surface area contributed by atoms with E-state index in [0.29, 0.717) is 23.0 Å². The van der Waals surface area contributed by atoms with Gasteiger partial charge >= 0.3 is 5.91 Å². The lowest BCUT2D eigenvalue weighted by Crippen LogP contribution is -2.31. The third kappa shape index (κ3) is 1.54. The van der Waals surface area contributed by atoms with E-state index in [1.165, 1.54) is 16.7 Å². The van der Waals surface area contributed by atoms with E-state index in [1.54, 1.807) is 24.3 Å². The summed E-state index contributed by atoms with van der Waals surface area (Å²) in [5, 5.41) is 0. The highest BCUT2D eigenvalue weighted by atomic mass is 32.2. The van der Waals surface area contributed by atoms with Crippen LogP contribution in [0.5, 0.6) is 0 Å². The number of hydrogen-bond acceptors (Lipinski definition) is 4. The number of imide groups is 1. The fourth-order valence-corrected chi connectivity index (χ4v) is 2.71. The molecule has 4 nitrogen and oxygen atoms in total. The lowest BCUT2D eigenvalue weighted by Gasteiger charge is -2.13. The highest BCUT2D eigenvalue weighted by Gasteiger charge is 2.42. The van der Waals surface area contributed by atoms with Gasteiger partial charge in [-0.1, -0.05) is 18.2 Å². The average molecular weight is 247 g/mol. The zero-order valence-electron chi connectivity index (χ0n) is 8.88. The normalized spacial score (nSPS) is 19.4. The van der Waals surface area contributed by atoms with Crippen molar-refractivity contribution in [3.8, 4) is 0 Å². The number of nitrogens with zero attached hydrogens (tertiary/aromatic N) is 1. The Morgan fingerprint density at radius 1 is 1.12 bits per heavy atom. The van der Waals surface area contributed by atoms with Gasteiger partial charge in [0.25, 0.3) is 5.91 Å². The number of carbonyl (C=O) groups is 2. The molecular weight excluding hydrogens is 238 g/mol. The fourth-order valence-electron chi connectivity index (χ4n) is 1.84. The number of benzene rings is 1. The van der Waals surface area contributed by atoms with E-state index in [1.807, 2.05) is 6.07 Å². The molecule has 0 spiro atoms. The third-order valence-corrected chi connectivity index (χ3v) is 3.61. The lowest BCUT2D eigenvalue weighted by atomic mass is 10.3. The molecular formula is C12H9NO3S. The Kier molecular flexibility index (Phi) is 2.40. The van der Waals surface area contributed by atoms with E-state index in [2.05, 4.69) is 0 Å². The van der Waals surface area contributed by atoms with Crippen molar-refractivity contribution in [3.05, 3.63) is 41.0 Å². The molecule has 0 unspecified atom stereocenters. The van der Waals surface area contributed by atoms with Crippen molar-refractivity contribution in [2.45, 2.75) is 0 Å². The van der Waals surface area contributed by atoms with Gasteiger partial charge in [0.1, 0.15) is 4.91 Å². The summed E-state index contributed by atoms with van der Waals surface area (Å²) in [7, 11) is 0. The maximum Gasteiger partial charge on any atom is 0.301 e. The van der Waals surface area contributed by atoms with Crippen LogP contribution in [-0.2, 0) is 14.3 Å². The van der Waals surface area contributed by atoms with Crippen molar-refractivity contribution in [1.29, 1.82) is 0 Å². The summed E-state index contributed by atoms with van der Waals surface area (Å²) in [4.78, 5) is 25.8. The summed E-state index contributed by atoms with van der Waals surface area (Å²) >= 11 is 1.39. The van der Waals surface area contributed by atoms with Gasteiger partial charge in [0.05, 0.1) is 12.3 Å². The Morgan fingerprint density at radius 3 is 2.59 bits per heavy atom. The summed E-state index contributed by atoms with van der Waals surface area (Å²) in [6, 6.07) is 8.90. The van der Waals surface area contributed by atoms with Gasteiger partial charge in [-0.15, -0.1) is 11.8 Å². The SMILES string of the molecule is O=C1C2=C(SCCO2)C(=O)N1c1ccccc1. The summed E-state index contributed by atoms with van der Waals surface area (Å²) in [6.45, 7) is 0.477. The predicted octanol–water partition coefficient (Wildman–Crippen LogP) is 1.53. The molecule has 1 aromatic carbocycles. The number of rotatable bonds is 1. The van der Waals surface area contributed by atoms with Gasteiger partial charge < -0.3 is 4.74 Å². The predicted molar refractivity (Wildman–Crippen MR) is 64.4 cm³/mol. The maximum absolute atomic E-state index is 12.1. The van der Waals surface area contributed by atoms with Crippen LogP contribution < -0.4 is 4.90 Å². The summed E-state index contributed by atoms with van der Waals surface area (Å²) in [5.41, 5.74) is 0.584. The molecule has 0 aromatic heterocycles. The van der Waals surface area contributed by atoms with E-state index in [-0.39, 0.29) is 17.6 Å². The van der Waals surface area contributed by atoms with E-state index in [4.69, 9.17) is 4.74 Å². The number of para-hydroxylation sites is 1. The van der Waals surface area contributed by atoms with Gasteiger partial charge in [0.2, 0.25) is 5.76 Å². The first-order valence-electron chi connectivity index (χ1n) is 5.23. The first-order chi connectivity index (χ1) is 8.29. The molecule has 0 aliphatic carbocycles. The Bertz CT molecular complexity index is 496. The van der Waals surface area contributed by atoms with Gasteiger partial charge in [-0.25, -0.2) is 4.90 Å². The Morgan fingerprint density at radius 2 is 1.88 bits per heavy atom. The third-order valence-electron chi connectivity index (χ3n) is 2.59. The van der Waals surface area contributed by atoms with Crippen LogP contribution in [0.4, 0.5) is 5.69 Å². The summed E-state index contributed by atoms with van der Waals surface area (Å²) in [5.74, 6) is 0.278. The Labute approximate surface area is 102 Å². The van der Waals surface area contributed by atoms with Crippen molar-refractivity contribution < 1.29 is 14.3 Å². The van der Waals surface area contributed by atoms with Crippen LogP contribution in [0, 0.1) is 0 Å². The van der Waals surface area contributed by atoms with Crippen LogP contribution in [0.3, 0.4) is 0 Å². The number of thioether (sulfide) groups is 1. The van der Waals surface area contributed by atoms with Crippen LogP contribution in [0.1, 0.15) is 0 Å². The number of anilines is 1. The molecule has 2 aliphatic rings. The molecule has 0 atom stereocenters. The van der Waals surface area contributed by atoms with Crippen molar-refractivity contribution >= 4 is 29.3 Å². The molecule has 0 bridgehead atoms. The summed E-state index contributed by atoms with van der Waals surface area (Å²) < 4.78 is 5.28. The van der Waals surface area contributed by atoms with Gasteiger partial charge in [-0.05, 0) is 12.1 Å². The lowest BCUT2D eigenvalue weighted by molar-refractivity contribution is -0.121. The van der Waals surface area contributed by atoms with Gasteiger partial charge in [-0.2, -0.15) is 0 Å². The molecule has 0 saturated carbocycles. The van der Waals surface area contributed by atoms with Gasteiger partial charge in [0, 0.05) is 5.75 Å². The van der Waals surface area contributed by atoms with Crippen LogP contribution in [0.25, 0.3) is 0 Å². The second-order valence-corrected chi connectivity index (χ2v) is 4.74. The first-order valence-corrected chi connectivity index (χ1v) is 6.21. The molecule has 17 heavy (non-hydrogen) atoms. The van der Waals surface area contributed by atoms with Crippen molar-refractivity contribution in [1.82, 2.24) is 0 Å². The Balaban J connectivity index is 2.01. The molecule has 1 aromatic rings. The topological polar surface area (TPSA) is 46.6 Å². The largest absolute Gasteiger partial charge is 0.486 e. The average Bonchev–Trinajstić information content (AvgIpc) is 2.64. The minimum Gasteiger partial charge on any atom is -0.486 e. The molecule has 0 N–H and O–H groups in total. The number of amides is 2. The molecule has 0 radical (unpaired) electrons. The van der Waals surface area contributed by atoms with Crippen LogP contribution in [-0.4, -0.2) is 24.2 Å². The number of hydrogen-bond donors (Lipinski definition) is 0. The van der Waals surface area contributed by atoms with Crippen LogP contribution in [0.15, 0.2) is 41.0 Å². The zero-order valence-corrected chi connectivity index (χ0v) is 9.70. The minimum absolute atomic E-state index is 0.204. The van der Waals surface area contributed by atoms with Crippen molar-refractivity contribution in [3.63, 3.8) is 0 Å². The van der Waals surface area contributed by atoms with E-state index in [0.717, 1.165) is 0 Å². The molecule has 2 amide bonds. The molecule has 2 heterocycles. The van der Waals surface area contributed by atoms with E-state index >= 15 is 0 Å². The van der Waals surface area contributed by atoms with E-state index in [9.17, 15) is 9.59 Å². The molecule has 0 fully saturated rings. The first kappa shape index (κ1) is 10.4. The summed E-state index contributed by atoms with van der Waals surface area (Å²) in [6.07, 6.45) is 0. The molecule has 86 valence electrons. The molecule has 2 aliphatic heterocycles. The maximum atomic E-state index is 12.1. The van der Waals surface area contributed by atoms with Crippen molar-refractivity contribution in [2.24, 2.45) is 0 Å². The monoisotopic (exact) mass is 247 g/mol. The highest BCUT2D eigenvalue weighted by Crippen LogP contribution is 2.36. The van der Waals surface area contributed by atoms with Crippen LogP contribution in [0.2, 0.25) is 0 Å². The smallest absolute Gasteiger partial charge is 0.301 e. The van der Waals surface area contributed by atoms with E-state index < -0.39 is 0 Å². The van der Waals surface area contributed by atoms with Gasteiger partial charge in [0.15, 0.2) is 0 Å². The highest BCUT2D eigenvalue weighted by molar-refractivity contribution is 8.04. The second-order valence-electron chi connectivity index (χ2n) is 3.64. The second kappa shape index (κ2) is 3.92. The molecule has 5 heteroatoms. The van der Waals surface area contributed by atoms with Crippen LogP contribution >= 0.6 is 11.8 Å². The Hall–Kier alpha value is -1.75. The van der Waals surface area contributed by atoms with Gasteiger partial charge in [-0.3, -0.25) is 9.59 Å². The quantitative estimate of drug-likeness (QED) is 0.706. The van der Waals surface area contributed by atoms with Crippen molar-refractivity contribution in [2.75, 3.05) is 17.3 Å². The number of ether oxygens (including phenoxy) is 1.